The van der Waals surface area contributed by atoms with Gasteiger partial charge in [0, 0.05) is 16.7 Å². The molecule has 3 aromatic carbocycles. The summed E-state index contributed by atoms with van der Waals surface area (Å²) in [6, 6.07) is 28.3. The fourth-order valence-electron chi connectivity index (χ4n) is 3.73. The first-order chi connectivity index (χ1) is 13.8. The number of benzene rings is 3. The minimum atomic E-state index is -0.0823. The van der Waals surface area contributed by atoms with E-state index in [1.807, 2.05) is 65.2 Å². The van der Waals surface area contributed by atoms with E-state index in [0.29, 0.717) is 13.0 Å². The van der Waals surface area contributed by atoms with Gasteiger partial charge < -0.3 is 9.30 Å². The van der Waals surface area contributed by atoms with Crippen molar-refractivity contribution in [1.29, 1.82) is 0 Å². The molecule has 5 rings (SSSR count). The molecule has 0 N–H and O–H groups in total. The van der Waals surface area contributed by atoms with Crippen LogP contribution in [0.15, 0.2) is 94.6 Å². The van der Waals surface area contributed by atoms with E-state index in [-0.39, 0.29) is 11.0 Å². The van der Waals surface area contributed by atoms with Gasteiger partial charge in [-0.3, -0.25) is 4.79 Å². The molecule has 0 bridgehead atoms. The highest BCUT2D eigenvalue weighted by Crippen LogP contribution is 2.39. The molecule has 0 radical (unpaired) electrons. The molecule has 0 spiro atoms. The Bertz CT molecular complexity index is 1190. The number of aromatic nitrogens is 1. The maximum absolute atomic E-state index is 13.4. The maximum Gasteiger partial charge on any atom is 0.258 e. The quantitative estimate of drug-likeness (QED) is 0.490. The Labute approximate surface area is 167 Å². The van der Waals surface area contributed by atoms with Crippen LogP contribution in [-0.2, 0) is 13.0 Å². The van der Waals surface area contributed by atoms with Crippen LogP contribution in [-0.4, -0.2) is 10.0 Å². The van der Waals surface area contributed by atoms with E-state index in [4.69, 9.17) is 4.74 Å². The molecule has 4 heteroatoms. The van der Waals surface area contributed by atoms with Gasteiger partial charge in [0.05, 0.1) is 17.6 Å². The van der Waals surface area contributed by atoms with E-state index in [1.54, 1.807) is 11.8 Å². The van der Waals surface area contributed by atoms with Crippen LogP contribution in [0.2, 0.25) is 0 Å². The lowest BCUT2D eigenvalue weighted by atomic mass is 10.1. The Morgan fingerprint density at radius 1 is 0.893 bits per heavy atom. The molecule has 0 saturated carbocycles. The number of rotatable bonds is 4. The maximum atomic E-state index is 13.4. The van der Waals surface area contributed by atoms with Crippen LogP contribution in [0.1, 0.15) is 11.1 Å². The van der Waals surface area contributed by atoms with Crippen molar-refractivity contribution < 1.29 is 4.74 Å². The molecule has 1 atom stereocenters. The second kappa shape index (κ2) is 7.21. The molecule has 3 nitrogen and oxygen atoms in total. The number of pyridine rings is 1. The first-order valence-electron chi connectivity index (χ1n) is 9.36. The summed E-state index contributed by atoms with van der Waals surface area (Å²) < 4.78 is 8.14. The largest absolute Gasteiger partial charge is 0.478 e. The van der Waals surface area contributed by atoms with Crippen molar-refractivity contribution in [3.8, 4) is 5.75 Å². The average Bonchev–Trinajstić information content (AvgIpc) is 3.17. The molecule has 1 aliphatic rings. The summed E-state index contributed by atoms with van der Waals surface area (Å²) in [5.74, 6) is 0.748. The molecular formula is C24H19NO2S. The zero-order valence-electron chi connectivity index (χ0n) is 15.2. The van der Waals surface area contributed by atoms with Crippen LogP contribution >= 0.6 is 11.8 Å². The standard InChI is InChI=1S/C24H19NO2S/c26-24-20-15-22(28-18-11-5-2-6-12-18)27-23(20)19-13-7-8-14-21(19)25(24)16-17-9-3-1-4-10-17/h1-14,22H,15-16H2. The van der Waals surface area contributed by atoms with Crippen molar-refractivity contribution in [1.82, 2.24) is 4.57 Å². The second-order valence-corrected chi connectivity index (χ2v) is 8.12. The summed E-state index contributed by atoms with van der Waals surface area (Å²) in [5.41, 5.74) is 2.78. The Kier molecular flexibility index (Phi) is 4.41. The van der Waals surface area contributed by atoms with Gasteiger partial charge in [-0.05, 0) is 29.8 Å². The van der Waals surface area contributed by atoms with E-state index in [1.165, 1.54) is 0 Å². The number of fused-ring (bicyclic) bond motifs is 3. The lowest BCUT2D eigenvalue weighted by Crippen LogP contribution is -2.24. The molecule has 4 aromatic rings. The zero-order chi connectivity index (χ0) is 18.9. The van der Waals surface area contributed by atoms with Gasteiger partial charge in [-0.25, -0.2) is 0 Å². The summed E-state index contributed by atoms with van der Waals surface area (Å²) in [7, 11) is 0. The third-order valence-electron chi connectivity index (χ3n) is 5.03. The highest BCUT2D eigenvalue weighted by Gasteiger charge is 2.30. The second-order valence-electron chi connectivity index (χ2n) is 6.88. The SMILES string of the molecule is O=c1c2c(c3ccccc3n1Cc1ccccc1)OC(Sc1ccccc1)C2. The van der Waals surface area contributed by atoms with E-state index in [0.717, 1.165) is 32.7 Å². The summed E-state index contributed by atoms with van der Waals surface area (Å²) in [5, 5.41) is 1.00. The Morgan fingerprint density at radius 3 is 2.36 bits per heavy atom. The van der Waals surface area contributed by atoms with Crippen molar-refractivity contribution in [2.24, 2.45) is 0 Å². The monoisotopic (exact) mass is 385 g/mol. The van der Waals surface area contributed by atoms with Crippen LogP contribution in [0.25, 0.3) is 10.9 Å². The van der Waals surface area contributed by atoms with Crippen molar-refractivity contribution in [2.45, 2.75) is 23.3 Å². The molecule has 0 saturated heterocycles. The van der Waals surface area contributed by atoms with Crippen molar-refractivity contribution in [3.63, 3.8) is 0 Å². The molecule has 1 aromatic heterocycles. The summed E-state index contributed by atoms with van der Waals surface area (Å²) >= 11 is 1.66. The van der Waals surface area contributed by atoms with Crippen LogP contribution in [0.5, 0.6) is 5.75 Å². The fourth-order valence-corrected chi connectivity index (χ4v) is 4.74. The van der Waals surface area contributed by atoms with Gasteiger partial charge >= 0.3 is 0 Å². The van der Waals surface area contributed by atoms with Crippen LogP contribution < -0.4 is 10.3 Å². The third kappa shape index (κ3) is 3.10. The lowest BCUT2D eigenvalue weighted by molar-refractivity contribution is 0.326. The van der Waals surface area contributed by atoms with Gasteiger partial charge in [-0.2, -0.15) is 0 Å². The lowest BCUT2D eigenvalue weighted by Gasteiger charge is -2.14. The van der Waals surface area contributed by atoms with Crippen LogP contribution in [0.4, 0.5) is 0 Å². The third-order valence-corrected chi connectivity index (χ3v) is 6.10. The molecule has 28 heavy (non-hydrogen) atoms. The van der Waals surface area contributed by atoms with Gasteiger partial charge in [-0.1, -0.05) is 72.4 Å². The average molecular weight is 385 g/mol. The van der Waals surface area contributed by atoms with Gasteiger partial charge in [0.1, 0.15) is 5.75 Å². The van der Waals surface area contributed by atoms with E-state index < -0.39 is 0 Å². The minimum Gasteiger partial charge on any atom is -0.478 e. The zero-order valence-corrected chi connectivity index (χ0v) is 16.1. The summed E-state index contributed by atoms with van der Waals surface area (Å²) in [4.78, 5) is 14.5. The number of hydrogen-bond acceptors (Lipinski definition) is 3. The fraction of sp³-hybridized carbons (Fsp3) is 0.125. The van der Waals surface area contributed by atoms with Crippen molar-refractivity contribution in [2.75, 3.05) is 0 Å². The Hall–Kier alpha value is -2.98. The summed E-state index contributed by atoms with van der Waals surface area (Å²) in [6.45, 7) is 0.559. The molecule has 2 heterocycles. The Balaban J connectivity index is 1.57. The predicted octanol–water partition coefficient (Wildman–Crippen LogP) is 5.10. The molecular weight excluding hydrogens is 366 g/mol. The molecule has 1 aliphatic heterocycles. The predicted molar refractivity (Wildman–Crippen MR) is 114 cm³/mol. The topological polar surface area (TPSA) is 31.2 Å². The molecule has 138 valence electrons. The first kappa shape index (κ1) is 17.1. The van der Waals surface area contributed by atoms with Crippen molar-refractivity contribution >= 4 is 22.7 Å². The minimum absolute atomic E-state index is 0.0497. The van der Waals surface area contributed by atoms with E-state index in [2.05, 4.69) is 24.3 Å². The van der Waals surface area contributed by atoms with Crippen molar-refractivity contribution in [3.05, 3.63) is 106 Å². The van der Waals surface area contributed by atoms with Crippen LogP contribution in [0.3, 0.4) is 0 Å². The molecule has 0 aliphatic carbocycles. The molecule has 1 unspecified atom stereocenters. The highest BCUT2D eigenvalue weighted by molar-refractivity contribution is 7.99. The first-order valence-corrected chi connectivity index (χ1v) is 10.2. The number of hydrogen-bond donors (Lipinski definition) is 0. The normalized spacial score (nSPS) is 15.4. The van der Waals surface area contributed by atoms with Gasteiger partial charge in [0.15, 0.2) is 5.44 Å². The smallest absolute Gasteiger partial charge is 0.258 e. The molecule has 0 fully saturated rings. The number of para-hydroxylation sites is 1. The summed E-state index contributed by atoms with van der Waals surface area (Å²) in [6.07, 6.45) is 0.618. The van der Waals surface area contributed by atoms with Crippen LogP contribution in [0, 0.1) is 0 Å². The van der Waals surface area contributed by atoms with Gasteiger partial charge in [0.2, 0.25) is 0 Å². The number of nitrogens with zero attached hydrogens (tertiary/aromatic N) is 1. The van der Waals surface area contributed by atoms with Gasteiger partial charge in [-0.15, -0.1) is 0 Å². The van der Waals surface area contributed by atoms with Gasteiger partial charge in [0.25, 0.3) is 5.56 Å². The van der Waals surface area contributed by atoms with E-state index in [9.17, 15) is 4.79 Å². The molecule has 0 amide bonds. The Morgan fingerprint density at radius 2 is 1.57 bits per heavy atom. The number of thioether (sulfide) groups is 1. The number of ether oxygens (including phenoxy) is 1. The highest BCUT2D eigenvalue weighted by atomic mass is 32.2. The van der Waals surface area contributed by atoms with E-state index >= 15 is 0 Å².